The molecular formula is C29H26ClNO4. The molecule has 3 aromatic carbocycles. The number of carboxylic acid groups (broad SMARTS) is 1. The highest BCUT2D eigenvalue weighted by Gasteiger charge is 2.18. The number of aromatic carboxylic acids is 1. The average Bonchev–Trinajstić information content (AvgIpc) is 2.85. The van der Waals surface area contributed by atoms with Gasteiger partial charge in [0.15, 0.2) is 0 Å². The van der Waals surface area contributed by atoms with Gasteiger partial charge in [0.1, 0.15) is 24.0 Å². The summed E-state index contributed by atoms with van der Waals surface area (Å²) in [6.07, 6.45) is 3.55. The lowest BCUT2D eigenvalue weighted by molar-refractivity contribution is -0.0191. The van der Waals surface area contributed by atoms with Gasteiger partial charge in [-0.2, -0.15) is 0 Å². The van der Waals surface area contributed by atoms with Crippen molar-refractivity contribution < 1.29 is 19.4 Å². The van der Waals surface area contributed by atoms with Gasteiger partial charge in [-0.05, 0) is 67.4 Å². The fourth-order valence-electron chi connectivity index (χ4n) is 3.72. The molecule has 0 amide bonds. The van der Waals surface area contributed by atoms with E-state index in [9.17, 15) is 9.90 Å². The molecule has 0 bridgehead atoms. The first-order valence-electron chi connectivity index (χ1n) is 11.3. The Kier molecular flexibility index (Phi) is 7.80. The van der Waals surface area contributed by atoms with Crippen molar-refractivity contribution in [1.29, 1.82) is 0 Å². The van der Waals surface area contributed by atoms with E-state index >= 15 is 0 Å². The fourth-order valence-corrected chi connectivity index (χ4v) is 3.89. The van der Waals surface area contributed by atoms with Crippen molar-refractivity contribution in [3.05, 3.63) is 106 Å². The predicted molar refractivity (Wildman–Crippen MR) is 140 cm³/mol. The highest BCUT2D eigenvalue weighted by Crippen LogP contribution is 2.25. The minimum Gasteiger partial charge on any atom is -0.490 e. The van der Waals surface area contributed by atoms with Crippen LogP contribution in [0.2, 0.25) is 5.02 Å². The van der Waals surface area contributed by atoms with Crippen molar-refractivity contribution in [2.24, 2.45) is 0 Å². The average molecular weight is 488 g/mol. The predicted octanol–water partition coefficient (Wildman–Crippen LogP) is 7.30. The van der Waals surface area contributed by atoms with Crippen molar-refractivity contribution in [3.63, 3.8) is 0 Å². The number of nitrogens with zero attached hydrogens (tertiary/aromatic N) is 1. The number of hydrogen-bond acceptors (Lipinski definition) is 4. The van der Waals surface area contributed by atoms with Crippen LogP contribution in [-0.4, -0.2) is 28.8 Å². The molecule has 0 saturated heterocycles. The number of para-hydroxylation sites is 1. The number of halogens is 1. The number of benzene rings is 3. The number of rotatable bonds is 9. The maximum absolute atomic E-state index is 11.5. The molecule has 0 saturated carbocycles. The van der Waals surface area contributed by atoms with Gasteiger partial charge in [0, 0.05) is 10.4 Å². The number of pyridine rings is 1. The molecule has 178 valence electrons. The zero-order valence-corrected chi connectivity index (χ0v) is 20.3. The second-order valence-electron chi connectivity index (χ2n) is 8.36. The van der Waals surface area contributed by atoms with Crippen LogP contribution in [0.25, 0.3) is 23.1 Å². The van der Waals surface area contributed by atoms with Crippen LogP contribution in [0.15, 0.2) is 78.9 Å². The zero-order valence-electron chi connectivity index (χ0n) is 19.5. The Morgan fingerprint density at radius 2 is 1.80 bits per heavy atom. The molecule has 0 fully saturated rings. The lowest BCUT2D eigenvalue weighted by Gasteiger charge is -2.22. The third kappa shape index (κ3) is 6.47. The lowest BCUT2D eigenvalue weighted by Crippen LogP contribution is -2.18. The van der Waals surface area contributed by atoms with E-state index in [4.69, 9.17) is 21.1 Å². The van der Waals surface area contributed by atoms with E-state index in [2.05, 4.69) is 4.98 Å². The van der Waals surface area contributed by atoms with Crippen LogP contribution in [-0.2, 0) is 4.74 Å². The Bertz CT molecular complexity index is 1370. The zero-order chi connectivity index (χ0) is 24.8. The second-order valence-corrected chi connectivity index (χ2v) is 8.80. The van der Waals surface area contributed by atoms with E-state index in [1.54, 1.807) is 18.2 Å². The Balaban J connectivity index is 1.54. The Hall–Kier alpha value is -3.67. The van der Waals surface area contributed by atoms with Gasteiger partial charge in [-0.25, -0.2) is 9.78 Å². The lowest BCUT2D eigenvalue weighted by atomic mass is 10.1. The quantitative estimate of drug-likeness (QED) is 0.268. The first-order valence-corrected chi connectivity index (χ1v) is 11.7. The highest BCUT2D eigenvalue weighted by molar-refractivity contribution is 6.31. The molecule has 35 heavy (non-hydrogen) atoms. The Labute approximate surface area is 209 Å². The van der Waals surface area contributed by atoms with Gasteiger partial charge >= 0.3 is 5.97 Å². The van der Waals surface area contributed by atoms with E-state index in [0.29, 0.717) is 10.8 Å². The molecule has 0 aliphatic rings. The van der Waals surface area contributed by atoms with E-state index in [1.165, 1.54) is 6.07 Å². The summed E-state index contributed by atoms with van der Waals surface area (Å²) in [4.78, 5) is 16.2. The molecule has 6 heteroatoms. The molecule has 0 aliphatic heterocycles. The van der Waals surface area contributed by atoms with Gasteiger partial charge in [-0.3, -0.25) is 0 Å². The van der Waals surface area contributed by atoms with Crippen molar-refractivity contribution in [2.75, 3.05) is 6.61 Å². The smallest absolute Gasteiger partial charge is 0.339 e. The number of fused-ring (bicyclic) bond motifs is 1. The second kappa shape index (κ2) is 11.2. The Morgan fingerprint density at radius 3 is 2.60 bits per heavy atom. The molecule has 0 aliphatic carbocycles. The molecule has 1 aromatic heterocycles. The molecular weight excluding hydrogens is 462 g/mol. The maximum atomic E-state index is 11.5. The molecule has 5 nitrogen and oxygen atoms in total. The number of hydrogen-bond donors (Lipinski definition) is 1. The van der Waals surface area contributed by atoms with Crippen molar-refractivity contribution >= 4 is 40.6 Å². The van der Waals surface area contributed by atoms with Crippen molar-refractivity contribution in [3.8, 4) is 5.75 Å². The maximum Gasteiger partial charge on any atom is 0.339 e. The number of ether oxygens (including phenoxy) is 2. The third-order valence-electron chi connectivity index (χ3n) is 5.35. The van der Waals surface area contributed by atoms with Gasteiger partial charge < -0.3 is 14.6 Å². The van der Waals surface area contributed by atoms with Crippen LogP contribution in [0.5, 0.6) is 5.75 Å². The molecule has 1 heterocycles. The van der Waals surface area contributed by atoms with Crippen molar-refractivity contribution in [2.45, 2.75) is 26.1 Å². The molecule has 1 atom stereocenters. The summed E-state index contributed by atoms with van der Waals surface area (Å²) in [7, 11) is 0. The normalized spacial score (nSPS) is 12.3. The van der Waals surface area contributed by atoms with Crippen molar-refractivity contribution in [1.82, 2.24) is 4.98 Å². The minimum absolute atomic E-state index is 0.0360. The number of carbonyl (C=O) groups is 1. The highest BCUT2D eigenvalue weighted by atomic mass is 35.5. The van der Waals surface area contributed by atoms with Crippen LogP contribution in [0, 0.1) is 0 Å². The third-order valence-corrected chi connectivity index (χ3v) is 5.58. The molecule has 0 radical (unpaired) electrons. The number of aromatic nitrogens is 1. The summed E-state index contributed by atoms with van der Waals surface area (Å²) in [5.74, 6) is -0.713. The molecule has 0 spiro atoms. The van der Waals surface area contributed by atoms with E-state index in [1.807, 2.05) is 80.6 Å². The summed E-state index contributed by atoms with van der Waals surface area (Å²) in [5.41, 5.74) is 3.72. The monoisotopic (exact) mass is 487 g/mol. The minimum atomic E-state index is -1.03. The van der Waals surface area contributed by atoms with Gasteiger partial charge in [-0.1, -0.05) is 60.1 Å². The van der Waals surface area contributed by atoms with Gasteiger partial charge in [-0.15, -0.1) is 0 Å². The van der Waals surface area contributed by atoms with Crippen LogP contribution in [0.3, 0.4) is 0 Å². The summed E-state index contributed by atoms with van der Waals surface area (Å²) in [6.45, 7) is 4.10. The summed E-state index contributed by atoms with van der Waals surface area (Å²) in [6, 6.07) is 24.2. The fraction of sp³-hybridized carbons (Fsp3) is 0.172. The summed E-state index contributed by atoms with van der Waals surface area (Å²) >= 11 is 6.11. The molecule has 4 rings (SSSR count). The standard InChI is InChI=1S/C29H26ClNO4/c1-19(2)35-28(18-34-27-9-4-3-8-25(27)29(32)33)22-7-5-6-20(16-22)10-14-24-15-12-21-11-13-23(30)17-26(21)31-24/h3-17,19,28H,18H2,1-2H3,(H,32,33)/b14-10+. The van der Waals surface area contributed by atoms with Gasteiger partial charge in [0.25, 0.3) is 0 Å². The molecule has 1 unspecified atom stereocenters. The number of carboxylic acids is 1. The van der Waals surface area contributed by atoms with Crippen LogP contribution >= 0.6 is 11.6 Å². The SMILES string of the molecule is CC(C)OC(COc1ccccc1C(=O)O)c1cccc(/C=C/c2ccc3ccc(Cl)cc3n2)c1. The van der Waals surface area contributed by atoms with E-state index < -0.39 is 5.97 Å². The molecule has 1 N–H and O–H groups in total. The van der Waals surface area contributed by atoms with Gasteiger partial charge in [0.2, 0.25) is 0 Å². The van der Waals surface area contributed by atoms with Crippen LogP contribution in [0.4, 0.5) is 0 Å². The van der Waals surface area contributed by atoms with Gasteiger partial charge in [0.05, 0.1) is 17.3 Å². The summed E-state index contributed by atoms with van der Waals surface area (Å²) < 4.78 is 12.0. The Morgan fingerprint density at radius 1 is 1.00 bits per heavy atom. The van der Waals surface area contributed by atoms with Crippen LogP contribution < -0.4 is 4.74 Å². The topological polar surface area (TPSA) is 68.7 Å². The van der Waals surface area contributed by atoms with E-state index in [0.717, 1.165) is 27.7 Å². The van der Waals surface area contributed by atoms with Crippen LogP contribution in [0.1, 0.15) is 47.1 Å². The summed E-state index contributed by atoms with van der Waals surface area (Å²) in [5, 5.41) is 11.1. The first kappa shape index (κ1) is 24.5. The first-order chi connectivity index (χ1) is 16.9. The van der Waals surface area contributed by atoms with E-state index in [-0.39, 0.29) is 24.4 Å². The molecule has 4 aromatic rings. The largest absolute Gasteiger partial charge is 0.490 e.